The van der Waals surface area contributed by atoms with Gasteiger partial charge in [0.1, 0.15) is 23.9 Å². The first-order chi connectivity index (χ1) is 16.3. The highest BCUT2D eigenvalue weighted by atomic mass is 32.1. The summed E-state index contributed by atoms with van der Waals surface area (Å²) in [5.74, 6) is -6.99. The van der Waals surface area contributed by atoms with E-state index in [0.29, 0.717) is 5.56 Å². The first-order valence-corrected chi connectivity index (χ1v) is 10.8. The van der Waals surface area contributed by atoms with E-state index in [1.807, 2.05) is 0 Å². The number of carboxylic acid groups (broad SMARTS) is 2. The van der Waals surface area contributed by atoms with E-state index < -0.39 is 72.6 Å². The molecule has 0 spiro atoms. The fourth-order valence-electron chi connectivity index (χ4n) is 2.78. The Balaban J connectivity index is 2.89. The minimum atomic E-state index is -1.58. The summed E-state index contributed by atoms with van der Waals surface area (Å²) in [6, 6.07) is -0.208. The maximum atomic E-state index is 12.6. The second kappa shape index (κ2) is 13.8. The Morgan fingerprint density at radius 1 is 0.829 bits per heavy atom. The zero-order valence-electron chi connectivity index (χ0n) is 18.3. The number of phenolic OH excluding ortho intramolecular Hbond substituents is 1. The number of primary amides is 1. The lowest BCUT2D eigenvalue weighted by Crippen LogP contribution is -2.58. The maximum Gasteiger partial charge on any atom is 0.326 e. The summed E-state index contributed by atoms with van der Waals surface area (Å²) >= 11 is 3.98. The van der Waals surface area contributed by atoms with E-state index >= 15 is 0 Å². The molecule has 0 fully saturated rings. The molecule has 0 aliphatic heterocycles. The van der Waals surface area contributed by atoms with Crippen molar-refractivity contribution < 1.29 is 44.1 Å². The summed E-state index contributed by atoms with van der Waals surface area (Å²) in [5, 5.41) is 34.1. The van der Waals surface area contributed by atoms with Crippen molar-refractivity contribution in [1.29, 1.82) is 0 Å². The van der Waals surface area contributed by atoms with Gasteiger partial charge in [0.05, 0.1) is 18.9 Å². The molecule has 15 heteroatoms. The van der Waals surface area contributed by atoms with Crippen molar-refractivity contribution in [2.24, 2.45) is 11.5 Å². The number of benzene rings is 1. The molecule has 10 N–H and O–H groups in total. The predicted octanol–water partition coefficient (Wildman–Crippen LogP) is -2.92. The van der Waals surface area contributed by atoms with E-state index in [0.717, 1.165) is 0 Å². The van der Waals surface area contributed by atoms with Crippen LogP contribution in [0.3, 0.4) is 0 Å². The molecule has 0 aromatic heterocycles. The average Bonchev–Trinajstić information content (AvgIpc) is 2.76. The molecule has 192 valence electrons. The number of phenols is 1. The Morgan fingerprint density at radius 2 is 1.34 bits per heavy atom. The van der Waals surface area contributed by atoms with Gasteiger partial charge in [0.15, 0.2) is 0 Å². The Hall–Kier alpha value is -3.85. The van der Waals surface area contributed by atoms with E-state index in [1.165, 1.54) is 24.3 Å². The first-order valence-electron chi connectivity index (χ1n) is 10.1. The third-order valence-corrected chi connectivity index (χ3v) is 4.94. The molecule has 0 aliphatic rings. The normalized spacial score (nSPS) is 14.0. The fraction of sp³-hybridized carbons (Fsp3) is 0.400. The minimum absolute atomic E-state index is 0.0240. The summed E-state index contributed by atoms with van der Waals surface area (Å²) < 4.78 is 0. The molecule has 1 aromatic carbocycles. The smallest absolute Gasteiger partial charge is 0.326 e. The van der Waals surface area contributed by atoms with Crippen LogP contribution in [-0.2, 0) is 35.2 Å². The first kappa shape index (κ1) is 29.2. The van der Waals surface area contributed by atoms with Crippen molar-refractivity contribution in [3.63, 3.8) is 0 Å². The lowest BCUT2D eigenvalue weighted by Gasteiger charge is -2.24. The maximum absolute atomic E-state index is 12.6. The number of amides is 4. The zero-order chi connectivity index (χ0) is 26.7. The monoisotopic (exact) mass is 513 g/mol. The number of carbonyl (C=O) groups is 6. The molecule has 0 aliphatic carbocycles. The molecule has 0 saturated carbocycles. The molecule has 1 aromatic rings. The van der Waals surface area contributed by atoms with Gasteiger partial charge in [-0.2, -0.15) is 12.6 Å². The highest BCUT2D eigenvalue weighted by Crippen LogP contribution is 2.11. The molecule has 0 bridgehead atoms. The number of aliphatic carboxylic acids is 2. The summed E-state index contributed by atoms with van der Waals surface area (Å²) in [5.41, 5.74) is 11.0. The highest BCUT2D eigenvalue weighted by molar-refractivity contribution is 7.80. The van der Waals surface area contributed by atoms with E-state index in [-0.39, 0.29) is 17.9 Å². The molecule has 35 heavy (non-hydrogen) atoms. The van der Waals surface area contributed by atoms with Crippen LogP contribution in [0.4, 0.5) is 0 Å². The van der Waals surface area contributed by atoms with Crippen molar-refractivity contribution in [3.8, 4) is 5.75 Å². The highest BCUT2D eigenvalue weighted by Gasteiger charge is 2.31. The third-order valence-electron chi connectivity index (χ3n) is 4.58. The SMILES string of the molecule is NC(=O)CC(NC(=O)C(N)CC(=O)O)C(=O)NC(CS)C(=O)NC(Cc1ccc(O)cc1)C(=O)O. The van der Waals surface area contributed by atoms with Crippen LogP contribution < -0.4 is 27.4 Å². The van der Waals surface area contributed by atoms with Gasteiger partial charge in [-0.3, -0.25) is 24.0 Å². The van der Waals surface area contributed by atoms with Crippen molar-refractivity contribution >= 4 is 48.2 Å². The Morgan fingerprint density at radius 3 is 1.83 bits per heavy atom. The quantitative estimate of drug-likeness (QED) is 0.115. The van der Waals surface area contributed by atoms with E-state index in [4.69, 9.17) is 16.6 Å². The van der Waals surface area contributed by atoms with Gasteiger partial charge in [-0.15, -0.1) is 0 Å². The van der Waals surface area contributed by atoms with E-state index in [1.54, 1.807) is 0 Å². The van der Waals surface area contributed by atoms with Crippen LogP contribution in [0.5, 0.6) is 5.75 Å². The Kier molecular flexibility index (Phi) is 11.5. The lowest BCUT2D eigenvalue weighted by molar-refractivity contribution is -0.142. The lowest BCUT2D eigenvalue weighted by atomic mass is 10.1. The Bertz CT molecular complexity index is 957. The van der Waals surface area contributed by atoms with Crippen LogP contribution in [0.1, 0.15) is 18.4 Å². The largest absolute Gasteiger partial charge is 0.508 e. The number of hydrogen-bond donors (Lipinski definition) is 9. The van der Waals surface area contributed by atoms with Gasteiger partial charge in [-0.1, -0.05) is 12.1 Å². The molecule has 0 saturated heterocycles. The van der Waals surface area contributed by atoms with Crippen LogP contribution in [0, 0.1) is 0 Å². The van der Waals surface area contributed by atoms with Gasteiger partial charge in [-0.05, 0) is 17.7 Å². The van der Waals surface area contributed by atoms with Crippen molar-refractivity contribution in [2.75, 3.05) is 5.75 Å². The third kappa shape index (κ3) is 10.3. The molecule has 14 nitrogen and oxygen atoms in total. The van der Waals surface area contributed by atoms with Crippen LogP contribution in [0.25, 0.3) is 0 Å². The Labute approximate surface area is 204 Å². The second-order valence-electron chi connectivity index (χ2n) is 7.45. The molecule has 0 radical (unpaired) electrons. The van der Waals surface area contributed by atoms with E-state index in [2.05, 4.69) is 28.6 Å². The molecule has 4 amide bonds. The number of thiol groups is 1. The number of carbonyl (C=O) groups excluding carboxylic acids is 4. The van der Waals surface area contributed by atoms with Gasteiger partial charge < -0.3 is 42.7 Å². The van der Waals surface area contributed by atoms with E-state index in [9.17, 15) is 39.0 Å². The molecular weight excluding hydrogens is 486 g/mol. The van der Waals surface area contributed by atoms with Crippen LogP contribution in [0.2, 0.25) is 0 Å². The second-order valence-corrected chi connectivity index (χ2v) is 7.81. The summed E-state index contributed by atoms with van der Waals surface area (Å²) in [4.78, 5) is 71.0. The molecule has 1 rings (SSSR count). The number of rotatable bonds is 14. The molecule has 0 heterocycles. The van der Waals surface area contributed by atoms with Crippen LogP contribution in [0.15, 0.2) is 24.3 Å². The van der Waals surface area contributed by atoms with Crippen LogP contribution in [-0.4, -0.2) is 80.8 Å². The average molecular weight is 514 g/mol. The molecule has 4 unspecified atom stereocenters. The summed E-state index contributed by atoms with van der Waals surface area (Å²) in [7, 11) is 0. The van der Waals surface area contributed by atoms with Gasteiger partial charge in [-0.25, -0.2) is 4.79 Å². The van der Waals surface area contributed by atoms with Gasteiger partial charge in [0.2, 0.25) is 23.6 Å². The summed E-state index contributed by atoms with van der Waals surface area (Å²) in [6.45, 7) is 0. The molecule has 4 atom stereocenters. The van der Waals surface area contributed by atoms with Crippen LogP contribution >= 0.6 is 12.6 Å². The van der Waals surface area contributed by atoms with Crippen molar-refractivity contribution in [1.82, 2.24) is 16.0 Å². The standard InChI is InChI=1S/C20H27N5O9S/c21-11(6-16(28)29)17(30)23-12(7-15(22)27)18(31)25-14(8-35)19(32)24-13(20(33)34)5-9-1-3-10(26)4-2-9/h1-4,11-14,26,35H,5-8,21H2,(H2,22,27)(H,23,30)(H,24,32)(H,25,31)(H,28,29)(H,33,34). The topological polar surface area (TPSA) is 251 Å². The summed E-state index contributed by atoms with van der Waals surface area (Å²) in [6.07, 6.45) is -1.55. The number of aromatic hydroxyl groups is 1. The minimum Gasteiger partial charge on any atom is -0.508 e. The fourth-order valence-corrected chi connectivity index (χ4v) is 3.03. The van der Waals surface area contributed by atoms with Crippen molar-refractivity contribution in [2.45, 2.75) is 43.4 Å². The van der Waals surface area contributed by atoms with Gasteiger partial charge in [0.25, 0.3) is 0 Å². The molecular formula is C20H27N5O9S. The van der Waals surface area contributed by atoms with Gasteiger partial charge >= 0.3 is 11.9 Å². The van der Waals surface area contributed by atoms with Crippen molar-refractivity contribution in [3.05, 3.63) is 29.8 Å². The number of carboxylic acids is 2. The number of nitrogens with one attached hydrogen (secondary N) is 3. The number of hydrogen-bond acceptors (Lipinski definition) is 9. The number of nitrogens with two attached hydrogens (primary N) is 2. The predicted molar refractivity (Wildman–Crippen MR) is 123 cm³/mol. The van der Waals surface area contributed by atoms with Gasteiger partial charge in [0, 0.05) is 12.2 Å². The zero-order valence-corrected chi connectivity index (χ0v) is 19.2.